The van der Waals surface area contributed by atoms with Gasteiger partial charge < -0.3 is 11.5 Å². The molecule has 0 saturated carbocycles. The van der Waals surface area contributed by atoms with Crippen LogP contribution >= 0.6 is 15.9 Å². The molecule has 1 heterocycles. The number of nitrogens with two attached hydrogens (primary N) is 2. The zero-order valence-corrected chi connectivity index (χ0v) is 11.2. The van der Waals surface area contributed by atoms with E-state index in [-0.39, 0.29) is 5.95 Å². The monoisotopic (exact) mass is 296 g/mol. The Bertz CT molecular complexity index is 603. The number of fused-ring (bicyclic) bond motifs is 1. The van der Waals surface area contributed by atoms with E-state index in [1.807, 2.05) is 18.2 Å². The Morgan fingerprint density at radius 3 is 2.71 bits per heavy atom. The summed E-state index contributed by atoms with van der Waals surface area (Å²) in [6, 6.07) is 5.57. The van der Waals surface area contributed by atoms with E-state index >= 15 is 0 Å². The molecule has 17 heavy (non-hydrogen) atoms. The van der Waals surface area contributed by atoms with Gasteiger partial charge in [0, 0.05) is 4.47 Å². The Morgan fingerprint density at radius 1 is 1.47 bits per heavy atom. The highest BCUT2D eigenvalue weighted by molar-refractivity contribution is 9.10. The minimum Gasteiger partial charge on any atom is -0.369 e. The number of carbonyl (C=O) groups is 1. The van der Waals surface area contributed by atoms with Gasteiger partial charge in [-0.05, 0) is 32.0 Å². The van der Waals surface area contributed by atoms with Crippen LogP contribution in [0.1, 0.15) is 13.8 Å². The molecule has 5 nitrogen and oxygen atoms in total. The number of hydrogen-bond acceptors (Lipinski definition) is 3. The van der Waals surface area contributed by atoms with Crippen molar-refractivity contribution in [3.63, 3.8) is 0 Å². The van der Waals surface area contributed by atoms with Gasteiger partial charge in [-0.25, -0.2) is 4.98 Å². The molecule has 0 bridgehead atoms. The highest BCUT2D eigenvalue weighted by Gasteiger charge is 2.30. The van der Waals surface area contributed by atoms with Gasteiger partial charge in [0.1, 0.15) is 5.54 Å². The molecular formula is C11H13BrN4O. The zero-order chi connectivity index (χ0) is 12.8. The molecule has 1 aromatic carbocycles. The normalized spacial score (nSPS) is 11.9. The first-order valence-corrected chi connectivity index (χ1v) is 5.87. The van der Waals surface area contributed by atoms with E-state index in [2.05, 4.69) is 20.9 Å². The molecule has 0 fully saturated rings. The molecule has 0 aliphatic carbocycles. The predicted octanol–water partition coefficient (Wildman–Crippen LogP) is 1.60. The molecule has 0 unspecified atom stereocenters. The fraction of sp³-hybridized carbons (Fsp3) is 0.273. The van der Waals surface area contributed by atoms with Gasteiger partial charge in [-0.1, -0.05) is 15.9 Å². The lowest BCUT2D eigenvalue weighted by Crippen LogP contribution is -2.41. The number of nitrogens with zero attached hydrogens (tertiary/aromatic N) is 2. The lowest BCUT2D eigenvalue weighted by molar-refractivity contribution is -0.124. The minimum absolute atomic E-state index is 0.280. The standard InChI is InChI=1S/C11H13BrN4O/c1-11(2,9(13)17)16-8-4-3-6(12)5-7(8)15-10(16)14/h3-5H,1-2H3,(H2,13,17)(H2,14,15). The molecule has 0 saturated heterocycles. The Balaban J connectivity index is 2.78. The van der Waals surface area contributed by atoms with Crippen molar-refractivity contribution >= 4 is 38.8 Å². The summed E-state index contributed by atoms with van der Waals surface area (Å²) in [5, 5.41) is 0. The molecule has 2 rings (SSSR count). The molecule has 0 aliphatic rings. The smallest absolute Gasteiger partial charge is 0.243 e. The molecule has 0 aliphatic heterocycles. The van der Waals surface area contributed by atoms with Crippen molar-refractivity contribution in [3.05, 3.63) is 22.7 Å². The summed E-state index contributed by atoms with van der Waals surface area (Å²) < 4.78 is 2.56. The summed E-state index contributed by atoms with van der Waals surface area (Å²) in [5.74, 6) is -0.173. The molecule has 6 heteroatoms. The number of amides is 1. The van der Waals surface area contributed by atoms with E-state index in [4.69, 9.17) is 11.5 Å². The minimum atomic E-state index is -0.910. The van der Waals surface area contributed by atoms with Gasteiger partial charge in [0.05, 0.1) is 11.0 Å². The van der Waals surface area contributed by atoms with E-state index in [9.17, 15) is 4.79 Å². The molecule has 1 amide bonds. The van der Waals surface area contributed by atoms with Gasteiger partial charge in [0.2, 0.25) is 11.9 Å². The number of carbonyl (C=O) groups excluding carboxylic acids is 1. The van der Waals surface area contributed by atoms with Crippen molar-refractivity contribution in [2.24, 2.45) is 5.73 Å². The number of aromatic nitrogens is 2. The lowest BCUT2D eigenvalue weighted by atomic mass is 10.0. The van der Waals surface area contributed by atoms with Gasteiger partial charge in [0.25, 0.3) is 0 Å². The summed E-state index contributed by atoms with van der Waals surface area (Å²) >= 11 is 3.36. The van der Waals surface area contributed by atoms with E-state index < -0.39 is 11.4 Å². The third kappa shape index (κ3) is 1.78. The average Bonchev–Trinajstić information content (AvgIpc) is 2.53. The zero-order valence-electron chi connectivity index (χ0n) is 9.57. The number of primary amides is 1. The Morgan fingerprint density at radius 2 is 2.12 bits per heavy atom. The number of halogens is 1. The van der Waals surface area contributed by atoms with Gasteiger partial charge in [-0.2, -0.15) is 0 Å². The third-order valence-corrected chi connectivity index (χ3v) is 3.30. The fourth-order valence-corrected chi connectivity index (χ4v) is 2.12. The summed E-state index contributed by atoms with van der Waals surface area (Å²) in [6.45, 7) is 3.43. The second-order valence-electron chi connectivity index (χ2n) is 4.36. The lowest BCUT2D eigenvalue weighted by Gasteiger charge is -2.24. The second kappa shape index (κ2) is 3.73. The van der Waals surface area contributed by atoms with Gasteiger partial charge >= 0.3 is 0 Å². The SMILES string of the molecule is CC(C)(C(N)=O)n1c(N)nc2cc(Br)ccc21. The van der Waals surface area contributed by atoms with Gasteiger partial charge in [-0.15, -0.1) is 0 Å². The number of nitrogen functional groups attached to an aromatic ring is 1. The molecule has 0 radical (unpaired) electrons. The van der Waals surface area contributed by atoms with Crippen LogP contribution < -0.4 is 11.5 Å². The fourth-order valence-electron chi connectivity index (χ4n) is 1.77. The highest BCUT2D eigenvalue weighted by atomic mass is 79.9. The van der Waals surface area contributed by atoms with Gasteiger partial charge in [0.15, 0.2) is 0 Å². The van der Waals surface area contributed by atoms with Crippen molar-refractivity contribution < 1.29 is 4.79 Å². The van der Waals surface area contributed by atoms with Crippen molar-refractivity contribution in [2.75, 3.05) is 5.73 Å². The molecule has 0 atom stereocenters. The largest absolute Gasteiger partial charge is 0.369 e. The van der Waals surface area contributed by atoms with Crippen LogP contribution in [0.5, 0.6) is 0 Å². The van der Waals surface area contributed by atoms with Crippen molar-refractivity contribution in [1.82, 2.24) is 9.55 Å². The third-order valence-electron chi connectivity index (χ3n) is 2.80. The first-order valence-electron chi connectivity index (χ1n) is 5.08. The maximum Gasteiger partial charge on any atom is 0.243 e. The van der Waals surface area contributed by atoms with Crippen LogP contribution in [0.15, 0.2) is 22.7 Å². The summed E-state index contributed by atoms with van der Waals surface area (Å²) in [5.41, 5.74) is 11.9. The van der Waals surface area contributed by atoms with Crippen LogP contribution in [-0.4, -0.2) is 15.5 Å². The number of benzene rings is 1. The van der Waals surface area contributed by atoms with E-state index in [1.54, 1.807) is 18.4 Å². The topological polar surface area (TPSA) is 86.9 Å². The second-order valence-corrected chi connectivity index (χ2v) is 5.28. The molecule has 1 aromatic heterocycles. The van der Waals surface area contributed by atoms with Crippen LogP contribution in [0.2, 0.25) is 0 Å². The average molecular weight is 297 g/mol. The Kier molecular flexibility index (Phi) is 2.61. The molecule has 90 valence electrons. The van der Waals surface area contributed by atoms with Crippen LogP contribution in [-0.2, 0) is 10.3 Å². The summed E-state index contributed by atoms with van der Waals surface area (Å²) in [6.07, 6.45) is 0. The van der Waals surface area contributed by atoms with Crippen LogP contribution in [0.3, 0.4) is 0 Å². The van der Waals surface area contributed by atoms with Crippen molar-refractivity contribution in [1.29, 1.82) is 0 Å². The maximum atomic E-state index is 11.5. The summed E-state index contributed by atoms with van der Waals surface area (Å²) in [4.78, 5) is 15.7. The Labute approximate surface area is 107 Å². The van der Waals surface area contributed by atoms with Crippen LogP contribution in [0.25, 0.3) is 11.0 Å². The number of rotatable bonds is 2. The van der Waals surface area contributed by atoms with Crippen molar-refractivity contribution in [3.8, 4) is 0 Å². The summed E-state index contributed by atoms with van der Waals surface area (Å²) in [7, 11) is 0. The number of anilines is 1. The molecule has 2 aromatic rings. The molecular weight excluding hydrogens is 284 g/mol. The molecule has 0 spiro atoms. The van der Waals surface area contributed by atoms with Crippen molar-refractivity contribution in [2.45, 2.75) is 19.4 Å². The van der Waals surface area contributed by atoms with Gasteiger partial charge in [-0.3, -0.25) is 9.36 Å². The molecule has 4 N–H and O–H groups in total. The van der Waals surface area contributed by atoms with E-state index in [0.717, 1.165) is 15.5 Å². The number of hydrogen-bond donors (Lipinski definition) is 2. The van der Waals surface area contributed by atoms with Crippen LogP contribution in [0, 0.1) is 0 Å². The maximum absolute atomic E-state index is 11.5. The predicted molar refractivity (Wildman–Crippen MR) is 70.4 cm³/mol. The Hall–Kier alpha value is -1.56. The van der Waals surface area contributed by atoms with E-state index in [1.165, 1.54) is 0 Å². The van der Waals surface area contributed by atoms with E-state index in [0.29, 0.717) is 0 Å². The number of imidazole rings is 1. The first kappa shape index (κ1) is 11.9. The van der Waals surface area contributed by atoms with Crippen LogP contribution in [0.4, 0.5) is 5.95 Å². The highest BCUT2D eigenvalue weighted by Crippen LogP contribution is 2.28. The first-order chi connectivity index (χ1) is 7.84. The quantitative estimate of drug-likeness (QED) is 0.882.